The van der Waals surface area contributed by atoms with Crippen LogP contribution in [0.1, 0.15) is 34.1 Å². The molecule has 0 fully saturated rings. The molecule has 1 heterocycles. The van der Waals surface area contributed by atoms with Crippen molar-refractivity contribution in [2.24, 2.45) is 0 Å². The molecule has 3 amide bonds. The van der Waals surface area contributed by atoms with Crippen molar-refractivity contribution in [3.63, 3.8) is 0 Å². The molecular weight excluding hydrogens is 300 g/mol. The van der Waals surface area contributed by atoms with Gasteiger partial charge in [0.25, 0.3) is 11.8 Å². The number of nitrogens with one attached hydrogen (secondary N) is 1. The Morgan fingerprint density at radius 2 is 1.74 bits per heavy atom. The smallest absolute Gasteiger partial charge is 0.354 e. The van der Waals surface area contributed by atoms with Crippen LogP contribution in [0.5, 0.6) is 0 Å². The van der Waals surface area contributed by atoms with Gasteiger partial charge in [0.05, 0.1) is 18.2 Å². The molecule has 1 aromatic rings. The number of rotatable bonds is 5. The number of esters is 1. The first-order valence-electron chi connectivity index (χ1n) is 6.97. The summed E-state index contributed by atoms with van der Waals surface area (Å²) in [7, 11) is 1.20. The minimum absolute atomic E-state index is 0.0170. The number of carbonyl (C=O) groups is 4. The number of hydrogen-bond acceptors (Lipinski definition) is 5. The zero-order chi connectivity index (χ0) is 17.0. The molecule has 1 N–H and O–H groups in total. The predicted molar refractivity (Wildman–Crippen MR) is 80.3 cm³/mol. The van der Waals surface area contributed by atoms with Gasteiger partial charge in [0, 0.05) is 13.5 Å². The summed E-state index contributed by atoms with van der Waals surface area (Å²) in [6, 6.07) is 6.59. The zero-order valence-electron chi connectivity index (χ0n) is 12.8. The van der Waals surface area contributed by atoms with Gasteiger partial charge in [-0.15, -0.1) is 0 Å². The Kier molecular flexibility index (Phi) is 4.90. The van der Waals surface area contributed by atoms with E-state index in [2.05, 4.69) is 10.1 Å². The number of carbonyl (C=O) groups excluding carboxylic acids is 4. The number of hydrogen-bond donors (Lipinski definition) is 1. The van der Waals surface area contributed by atoms with E-state index in [0.29, 0.717) is 11.1 Å². The van der Waals surface area contributed by atoms with Gasteiger partial charge in [-0.2, -0.15) is 0 Å². The summed E-state index contributed by atoms with van der Waals surface area (Å²) in [5.74, 6) is -1.83. The Bertz CT molecular complexity index is 673. The van der Waals surface area contributed by atoms with E-state index in [4.69, 9.17) is 0 Å². The van der Waals surface area contributed by atoms with Crippen LogP contribution in [0.25, 0.3) is 0 Å². The summed E-state index contributed by atoms with van der Waals surface area (Å²) in [6.45, 7) is 1.37. The summed E-state index contributed by atoms with van der Waals surface area (Å²) in [5.41, 5.74) is 0.727. The molecule has 0 saturated heterocycles. The fraction of sp³-hybridized carbons (Fsp3) is 0.250. The second kappa shape index (κ2) is 6.87. The van der Waals surface area contributed by atoms with Crippen LogP contribution in [-0.4, -0.2) is 42.2 Å². The number of nitrogens with zero attached hydrogens (tertiary/aromatic N) is 1. The number of imide groups is 1. The number of benzene rings is 1. The lowest BCUT2D eigenvalue weighted by atomic mass is 10.1. The van der Waals surface area contributed by atoms with Crippen molar-refractivity contribution in [2.45, 2.75) is 13.3 Å². The van der Waals surface area contributed by atoms with Crippen molar-refractivity contribution in [3.05, 3.63) is 47.2 Å². The topological polar surface area (TPSA) is 92.8 Å². The molecule has 0 spiro atoms. The summed E-state index contributed by atoms with van der Waals surface area (Å²) >= 11 is 0. The Morgan fingerprint density at radius 3 is 2.22 bits per heavy atom. The number of methoxy groups -OCH3 is 1. The summed E-state index contributed by atoms with van der Waals surface area (Å²) in [5, 5.41) is 2.35. The molecule has 0 unspecified atom stereocenters. The van der Waals surface area contributed by atoms with Crippen molar-refractivity contribution < 1.29 is 23.9 Å². The molecule has 120 valence electrons. The first kappa shape index (κ1) is 16.4. The maximum absolute atomic E-state index is 12.2. The van der Waals surface area contributed by atoms with Gasteiger partial charge in [0.2, 0.25) is 5.91 Å². The summed E-state index contributed by atoms with van der Waals surface area (Å²) in [6.07, 6.45) is 1.65. The molecule has 2 rings (SSSR count). The lowest BCUT2D eigenvalue weighted by Gasteiger charge is -2.12. The minimum atomic E-state index is -0.692. The zero-order valence-corrected chi connectivity index (χ0v) is 12.8. The second-order valence-corrected chi connectivity index (χ2v) is 4.89. The third-order valence-corrected chi connectivity index (χ3v) is 3.30. The van der Waals surface area contributed by atoms with E-state index in [0.717, 1.165) is 4.90 Å². The van der Waals surface area contributed by atoms with Gasteiger partial charge in [-0.05, 0) is 18.6 Å². The van der Waals surface area contributed by atoms with E-state index in [9.17, 15) is 19.2 Å². The molecule has 0 bridgehead atoms. The van der Waals surface area contributed by atoms with Crippen LogP contribution < -0.4 is 5.32 Å². The summed E-state index contributed by atoms with van der Waals surface area (Å²) < 4.78 is 4.56. The van der Waals surface area contributed by atoms with Crippen LogP contribution in [0.3, 0.4) is 0 Å². The molecule has 0 atom stereocenters. The van der Waals surface area contributed by atoms with Gasteiger partial charge in [0.15, 0.2) is 0 Å². The van der Waals surface area contributed by atoms with Crippen molar-refractivity contribution in [1.29, 1.82) is 0 Å². The van der Waals surface area contributed by atoms with E-state index in [1.54, 1.807) is 24.3 Å². The molecule has 0 aromatic heterocycles. The lowest BCUT2D eigenvalue weighted by Crippen LogP contribution is -2.31. The van der Waals surface area contributed by atoms with E-state index in [1.165, 1.54) is 20.1 Å². The highest BCUT2D eigenvalue weighted by Crippen LogP contribution is 2.22. The Hall–Kier alpha value is -2.96. The standard InChI is InChI=1S/C16H16N2O5/c1-10(19)17-13(16(22)23-2)8-5-9-18-14(20)11-6-3-4-7-12(11)15(18)21/h3-4,6-8H,5,9H2,1-2H3,(H,17,19)/b13-8-. The van der Waals surface area contributed by atoms with E-state index >= 15 is 0 Å². The molecule has 0 saturated carbocycles. The molecule has 23 heavy (non-hydrogen) atoms. The average molecular weight is 316 g/mol. The SMILES string of the molecule is COC(=O)/C(=C/CCN1C(=O)c2ccccc2C1=O)NC(C)=O. The van der Waals surface area contributed by atoms with Crippen molar-refractivity contribution in [2.75, 3.05) is 13.7 Å². The highest BCUT2D eigenvalue weighted by Gasteiger charge is 2.34. The normalized spacial score (nSPS) is 13.8. The molecule has 1 aliphatic rings. The van der Waals surface area contributed by atoms with Gasteiger partial charge in [-0.1, -0.05) is 18.2 Å². The second-order valence-electron chi connectivity index (χ2n) is 4.89. The monoisotopic (exact) mass is 316 g/mol. The van der Waals surface area contributed by atoms with Crippen molar-refractivity contribution in [3.8, 4) is 0 Å². The number of ether oxygens (including phenoxy) is 1. The minimum Gasteiger partial charge on any atom is -0.464 e. The van der Waals surface area contributed by atoms with Crippen LogP contribution in [0.15, 0.2) is 36.0 Å². The Balaban J connectivity index is 2.07. The molecule has 1 aromatic carbocycles. The van der Waals surface area contributed by atoms with Crippen molar-refractivity contribution in [1.82, 2.24) is 10.2 Å². The predicted octanol–water partition coefficient (Wildman–Crippen LogP) is 0.866. The quantitative estimate of drug-likeness (QED) is 0.494. The number of fused-ring (bicyclic) bond motifs is 1. The van der Waals surface area contributed by atoms with Crippen LogP contribution in [-0.2, 0) is 14.3 Å². The molecule has 7 heteroatoms. The highest BCUT2D eigenvalue weighted by atomic mass is 16.5. The molecular formula is C16H16N2O5. The Labute approximate surface area is 132 Å². The van der Waals surface area contributed by atoms with Crippen LogP contribution >= 0.6 is 0 Å². The third kappa shape index (κ3) is 3.45. The third-order valence-electron chi connectivity index (χ3n) is 3.30. The van der Waals surface area contributed by atoms with Crippen LogP contribution in [0, 0.1) is 0 Å². The molecule has 0 aliphatic carbocycles. The fourth-order valence-electron chi connectivity index (χ4n) is 2.27. The maximum Gasteiger partial charge on any atom is 0.354 e. The van der Waals surface area contributed by atoms with Crippen LogP contribution in [0.4, 0.5) is 0 Å². The van der Waals surface area contributed by atoms with E-state index < -0.39 is 11.9 Å². The van der Waals surface area contributed by atoms with Gasteiger partial charge in [-0.3, -0.25) is 19.3 Å². The van der Waals surface area contributed by atoms with Gasteiger partial charge >= 0.3 is 5.97 Å². The first-order valence-corrected chi connectivity index (χ1v) is 6.97. The van der Waals surface area contributed by atoms with E-state index in [1.807, 2.05) is 0 Å². The largest absolute Gasteiger partial charge is 0.464 e. The molecule has 1 aliphatic heterocycles. The average Bonchev–Trinajstić information content (AvgIpc) is 2.78. The van der Waals surface area contributed by atoms with Gasteiger partial charge < -0.3 is 10.1 Å². The van der Waals surface area contributed by atoms with Gasteiger partial charge in [-0.25, -0.2) is 4.79 Å². The Morgan fingerprint density at radius 1 is 1.17 bits per heavy atom. The lowest BCUT2D eigenvalue weighted by molar-refractivity contribution is -0.137. The first-order chi connectivity index (χ1) is 11.0. The summed E-state index contributed by atoms with van der Waals surface area (Å²) in [4.78, 5) is 48.1. The fourth-order valence-corrected chi connectivity index (χ4v) is 2.27. The number of amides is 3. The van der Waals surface area contributed by atoms with Crippen LogP contribution in [0.2, 0.25) is 0 Å². The molecule has 0 radical (unpaired) electrons. The maximum atomic E-state index is 12.2. The van der Waals surface area contributed by atoms with Crippen molar-refractivity contribution >= 4 is 23.7 Å². The van der Waals surface area contributed by atoms with Gasteiger partial charge in [0.1, 0.15) is 5.70 Å². The molecule has 7 nitrogen and oxygen atoms in total. The van der Waals surface area contributed by atoms with E-state index in [-0.39, 0.29) is 30.5 Å². The highest BCUT2D eigenvalue weighted by molar-refractivity contribution is 6.21.